The third kappa shape index (κ3) is 1.66. The molecule has 88 valence electrons. The Morgan fingerprint density at radius 1 is 1.41 bits per heavy atom. The van der Waals surface area contributed by atoms with Gasteiger partial charge in [0.15, 0.2) is 0 Å². The van der Waals surface area contributed by atoms with Gasteiger partial charge in [-0.05, 0) is 18.6 Å². The van der Waals surface area contributed by atoms with E-state index in [0.717, 1.165) is 11.0 Å². The molecule has 0 radical (unpaired) electrons. The van der Waals surface area contributed by atoms with E-state index in [1.54, 1.807) is 0 Å². The van der Waals surface area contributed by atoms with Gasteiger partial charge in [0, 0.05) is 13.1 Å². The Morgan fingerprint density at radius 2 is 2.24 bits per heavy atom. The highest BCUT2D eigenvalue weighted by Gasteiger charge is 2.24. The second-order valence-electron chi connectivity index (χ2n) is 4.20. The van der Waals surface area contributed by atoms with Crippen LogP contribution in [0.25, 0.3) is 11.0 Å². The summed E-state index contributed by atoms with van der Waals surface area (Å²) in [4.78, 5) is 1.81. The van der Waals surface area contributed by atoms with Crippen molar-refractivity contribution in [2.45, 2.75) is 12.5 Å². The van der Waals surface area contributed by atoms with Gasteiger partial charge >= 0.3 is 0 Å². The third-order valence-electron chi connectivity index (χ3n) is 3.02. The lowest BCUT2D eigenvalue weighted by Gasteiger charge is -2.17. The Hall–Kier alpha value is -1.95. The van der Waals surface area contributed by atoms with Gasteiger partial charge in [0.1, 0.15) is 5.52 Å². The molecule has 17 heavy (non-hydrogen) atoms. The summed E-state index contributed by atoms with van der Waals surface area (Å²) in [6.07, 6.45) is 0.361. The van der Waals surface area contributed by atoms with E-state index in [1.165, 1.54) is 4.68 Å². The topological polar surface area (TPSA) is 78.0 Å². The highest BCUT2D eigenvalue weighted by Crippen LogP contribution is 2.14. The molecule has 2 heterocycles. The van der Waals surface area contributed by atoms with Crippen molar-refractivity contribution in [1.29, 1.82) is 5.41 Å². The van der Waals surface area contributed by atoms with Crippen molar-refractivity contribution in [3.8, 4) is 0 Å². The molecule has 0 unspecified atom stereocenters. The molecule has 1 saturated heterocycles. The van der Waals surface area contributed by atoms with Gasteiger partial charge in [-0.15, -0.1) is 5.10 Å². The quantitative estimate of drug-likeness (QED) is 0.504. The van der Waals surface area contributed by atoms with Crippen LogP contribution in [0, 0.1) is 5.41 Å². The summed E-state index contributed by atoms with van der Waals surface area (Å²) in [5.74, 6) is 0.273. The van der Waals surface area contributed by atoms with Crippen LogP contribution in [0.2, 0.25) is 0 Å². The zero-order valence-corrected chi connectivity index (χ0v) is 9.24. The molecule has 0 spiro atoms. The maximum absolute atomic E-state index is 9.48. The van der Waals surface area contributed by atoms with Crippen LogP contribution >= 0.6 is 0 Å². The summed E-state index contributed by atoms with van der Waals surface area (Å²) in [7, 11) is 0. The van der Waals surface area contributed by atoms with Gasteiger partial charge in [0.2, 0.25) is 5.96 Å². The minimum atomic E-state index is -0.342. The summed E-state index contributed by atoms with van der Waals surface area (Å²) < 4.78 is 1.51. The number of aromatic nitrogens is 3. The van der Waals surface area contributed by atoms with Gasteiger partial charge in [-0.3, -0.25) is 5.41 Å². The van der Waals surface area contributed by atoms with Crippen LogP contribution in [-0.2, 0) is 0 Å². The smallest absolute Gasteiger partial charge is 0.221 e. The van der Waals surface area contributed by atoms with Crippen LogP contribution in [0.1, 0.15) is 6.42 Å². The molecule has 0 aliphatic carbocycles. The minimum Gasteiger partial charge on any atom is -0.391 e. The van der Waals surface area contributed by atoms with Crippen molar-refractivity contribution in [2.24, 2.45) is 0 Å². The van der Waals surface area contributed by atoms with Gasteiger partial charge in [0.05, 0.1) is 11.6 Å². The Morgan fingerprint density at radius 3 is 3.00 bits per heavy atom. The standard InChI is InChI=1S/C11H13N5O/c12-11(15-6-5-8(17)7-15)16-10-4-2-1-3-9(10)13-14-16/h1-4,8,12,17H,5-7H2/t8-/m1/s1. The van der Waals surface area contributed by atoms with Crippen molar-refractivity contribution >= 4 is 17.0 Å². The Bertz CT molecular complexity index is 564. The Labute approximate surface area is 98.0 Å². The summed E-state index contributed by atoms with van der Waals surface area (Å²) in [6.45, 7) is 1.18. The number of benzene rings is 1. The van der Waals surface area contributed by atoms with Crippen molar-refractivity contribution in [1.82, 2.24) is 19.9 Å². The lowest BCUT2D eigenvalue weighted by atomic mass is 10.3. The van der Waals surface area contributed by atoms with Crippen molar-refractivity contribution < 1.29 is 5.11 Å². The maximum Gasteiger partial charge on any atom is 0.221 e. The average Bonchev–Trinajstić information content (AvgIpc) is 2.94. The SMILES string of the molecule is N=C(N1CC[C@@H](O)C1)n1nnc2ccccc21. The zero-order valence-electron chi connectivity index (χ0n) is 9.24. The number of hydrogen-bond acceptors (Lipinski definition) is 4. The average molecular weight is 231 g/mol. The molecule has 2 N–H and O–H groups in total. The number of nitrogens with zero attached hydrogens (tertiary/aromatic N) is 4. The predicted molar refractivity (Wildman–Crippen MR) is 62.8 cm³/mol. The molecule has 1 aromatic heterocycles. The molecule has 0 amide bonds. The van der Waals surface area contributed by atoms with Crippen molar-refractivity contribution in [2.75, 3.05) is 13.1 Å². The van der Waals surface area contributed by atoms with Gasteiger partial charge in [0.25, 0.3) is 0 Å². The second kappa shape index (κ2) is 3.81. The van der Waals surface area contributed by atoms with Crippen LogP contribution < -0.4 is 0 Å². The number of hydrogen-bond donors (Lipinski definition) is 2. The Kier molecular flexibility index (Phi) is 2.29. The molecule has 6 nitrogen and oxygen atoms in total. The van der Waals surface area contributed by atoms with E-state index in [0.29, 0.717) is 19.5 Å². The van der Waals surface area contributed by atoms with Gasteiger partial charge < -0.3 is 10.0 Å². The van der Waals surface area contributed by atoms with Gasteiger partial charge in [-0.1, -0.05) is 17.3 Å². The number of rotatable bonds is 0. The second-order valence-corrected chi connectivity index (χ2v) is 4.20. The number of para-hydroxylation sites is 1. The van der Waals surface area contributed by atoms with Crippen LogP contribution in [0.4, 0.5) is 0 Å². The molecular formula is C11H13N5O. The molecule has 1 aromatic carbocycles. The van der Waals surface area contributed by atoms with E-state index in [2.05, 4.69) is 10.3 Å². The highest BCUT2D eigenvalue weighted by atomic mass is 16.3. The molecule has 6 heteroatoms. The van der Waals surface area contributed by atoms with Crippen molar-refractivity contribution in [3.63, 3.8) is 0 Å². The molecule has 1 aliphatic heterocycles. The van der Waals surface area contributed by atoms with Crippen LogP contribution in [-0.4, -0.2) is 50.2 Å². The lowest BCUT2D eigenvalue weighted by Crippen LogP contribution is -2.34. The zero-order chi connectivity index (χ0) is 11.8. The van der Waals surface area contributed by atoms with E-state index in [-0.39, 0.29) is 12.1 Å². The monoisotopic (exact) mass is 231 g/mol. The van der Waals surface area contributed by atoms with E-state index >= 15 is 0 Å². The minimum absolute atomic E-state index is 0.273. The van der Waals surface area contributed by atoms with E-state index in [1.807, 2.05) is 29.2 Å². The first-order valence-corrected chi connectivity index (χ1v) is 5.58. The third-order valence-corrected chi connectivity index (χ3v) is 3.02. The molecule has 3 rings (SSSR count). The fourth-order valence-corrected chi connectivity index (χ4v) is 2.09. The van der Waals surface area contributed by atoms with E-state index in [4.69, 9.17) is 5.41 Å². The molecular weight excluding hydrogens is 218 g/mol. The molecule has 1 fully saturated rings. The van der Waals surface area contributed by atoms with Crippen molar-refractivity contribution in [3.05, 3.63) is 24.3 Å². The van der Waals surface area contributed by atoms with Gasteiger partial charge in [-0.2, -0.15) is 4.68 Å². The van der Waals surface area contributed by atoms with Crippen LogP contribution in [0.15, 0.2) is 24.3 Å². The number of fused-ring (bicyclic) bond motifs is 1. The highest BCUT2D eigenvalue weighted by molar-refractivity contribution is 5.89. The van der Waals surface area contributed by atoms with Gasteiger partial charge in [-0.25, -0.2) is 0 Å². The summed E-state index contributed by atoms with van der Waals surface area (Å²) >= 11 is 0. The largest absolute Gasteiger partial charge is 0.391 e. The van der Waals surface area contributed by atoms with Crippen LogP contribution in [0.3, 0.4) is 0 Å². The molecule has 1 aliphatic rings. The first-order chi connectivity index (χ1) is 8.25. The molecule has 0 bridgehead atoms. The normalized spacial score (nSPS) is 20.1. The first kappa shape index (κ1) is 10.2. The molecule has 0 saturated carbocycles. The predicted octanol–water partition coefficient (Wildman–Crippen LogP) is 0.281. The summed E-state index contributed by atoms with van der Waals surface area (Å²) in [5.41, 5.74) is 1.59. The first-order valence-electron chi connectivity index (χ1n) is 5.58. The maximum atomic E-state index is 9.48. The molecule has 2 aromatic rings. The fraction of sp³-hybridized carbons (Fsp3) is 0.364. The number of likely N-dealkylation sites (tertiary alicyclic amines) is 1. The summed E-state index contributed by atoms with van der Waals surface area (Å²) in [5, 5.41) is 25.6. The summed E-state index contributed by atoms with van der Waals surface area (Å²) in [6, 6.07) is 7.54. The Balaban J connectivity index is 1.96. The fourth-order valence-electron chi connectivity index (χ4n) is 2.09. The number of β-amino-alcohol motifs (C(OH)–C–C–N with tert-alkyl or cyclic N) is 1. The number of aliphatic hydroxyl groups is 1. The van der Waals surface area contributed by atoms with Crippen LogP contribution in [0.5, 0.6) is 0 Å². The number of aliphatic hydroxyl groups excluding tert-OH is 1. The van der Waals surface area contributed by atoms with E-state index in [9.17, 15) is 5.11 Å². The van der Waals surface area contributed by atoms with E-state index < -0.39 is 0 Å². The molecule has 1 atom stereocenters. The number of nitrogens with one attached hydrogen (secondary N) is 1. The lowest BCUT2D eigenvalue weighted by molar-refractivity contribution is 0.187.